The van der Waals surface area contributed by atoms with Crippen molar-refractivity contribution in [2.45, 2.75) is 13.5 Å². The minimum atomic E-state index is -0.144. The van der Waals surface area contributed by atoms with Crippen LogP contribution in [0.1, 0.15) is 22.8 Å². The van der Waals surface area contributed by atoms with Crippen LogP contribution >= 0.6 is 24.0 Å². The van der Waals surface area contributed by atoms with Crippen LogP contribution in [0.5, 0.6) is 11.5 Å². The maximum atomic E-state index is 12.2. The molecule has 29 heavy (non-hydrogen) atoms. The first kappa shape index (κ1) is 24.5. The molecule has 0 spiro atoms. The number of ether oxygens (including phenoxy) is 2. The van der Waals surface area contributed by atoms with Crippen molar-refractivity contribution in [3.8, 4) is 11.5 Å². The van der Waals surface area contributed by atoms with Gasteiger partial charge in [-0.25, -0.2) is 0 Å². The van der Waals surface area contributed by atoms with E-state index in [1.54, 1.807) is 38.4 Å². The minimum absolute atomic E-state index is 0. The van der Waals surface area contributed by atoms with Gasteiger partial charge in [0.05, 0.1) is 13.7 Å². The third-order valence-electron chi connectivity index (χ3n) is 3.98. The summed E-state index contributed by atoms with van der Waals surface area (Å²) in [6.07, 6.45) is 0. The first-order valence-corrected chi connectivity index (χ1v) is 9.25. The van der Waals surface area contributed by atoms with Gasteiger partial charge in [-0.15, -0.1) is 24.0 Å². The smallest absolute Gasteiger partial charge is 0.251 e. The van der Waals surface area contributed by atoms with Gasteiger partial charge >= 0.3 is 0 Å². The Labute approximate surface area is 189 Å². The van der Waals surface area contributed by atoms with E-state index in [1.165, 1.54) is 0 Å². The quantitative estimate of drug-likeness (QED) is 0.208. The highest BCUT2D eigenvalue weighted by Gasteiger charge is 2.07. The van der Waals surface area contributed by atoms with Crippen LogP contribution in [-0.4, -0.2) is 45.7 Å². The van der Waals surface area contributed by atoms with Crippen LogP contribution in [0.2, 0.25) is 0 Å². The summed E-state index contributed by atoms with van der Waals surface area (Å²) in [7, 11) is 3.28. The molecule has 0 aliphatic heterocycles. The number of carbonyl (C=O) groups excluding carboxylic acids is 1. The molecule has 0 aliphatic rings. The summed E-state index contributed by atoms with van der Waals surface area (Å²) in [5, 5.41) is 9.30. The van der Waals surface area contributed by atoms with Gasteiger partial charge in [-0.1, -0.05) is 24.3 Å². The Balaban J connectivity index is 0.00000420. The first-order valence-electron chi connectivity index (χ1n) is 9.25. The molecule has 0 unspecified atom stereocenters. The van der Waals surface area contributed by atoms with Crippen LogP contribution in [0.3, 0.4) is 0 Å². The number of guanidine groups is 1. The fraction of sp³-hybridized carbons (Fsp3) is 0.333. The lowest BCUT2D eigenvalue weighted by atomic mass is 10.2. The molecule has 0 saturated heterocycles. The van der Waals surface area contributed by atoms with Gasteiger partial charge in [-0.05, 0) is 31.2 Å². The number of halogens is 1. The molecule has 1 amide bonds. The van der Waals surface area contributed by atoms with Gasteiger partial charge in [0.15, 0.2) is 5.96 Å². The number of para-hydroxylation sites is 1. The molecule has 3 N–H and O–H groups in total. The van der Waals surface area contributed by atoms with Gasteiger partial charge in [0, 0.05) is 37.8 Å². The number of nitrogens with one attached hydrogen (secondary N) is 3. The normalized spacial score (nSPS) is 10.5. The summed E-state index contributed by atoms with van der Waals surface area (Å²) in [5.41, 5.74) is 1.62. The van der Waals surface area contributed by atoms with E-state index in [0.717, 1.165) is 11.3 Å². The average Bonchev–Trinajstić information content (AvgIpc) is 2.74. The number of hydrogen-bond donors (Lipinski definition) is 3. The lowest BCUT2D eigenvalue weighted by Gasteiger charge is -2.14. The van der Waals surface area contributed by atoms with E-state index in [1.807, 2.05) is 31.2 Å². The fourth-order valence-electron chi connectivity index (χ4n) is 2.57. The SMILES string of the molecule is CCOc1ccccc1CNC(=NC)NCCNC(=O)c1cccc(OC)c1.I. The Morgan fingerprint density at radius 1 is 1.03 bits per heavy atom. The second kappa shape index (κ2) is 13.6. The zero-order chi connectivity index (χ0) is 20.2. The van der Waals surface area contributed by atoms with E-state index in [9.17, 15) is 4.79 Å². The maximum absolute atomic E-state index is 12.2. The van der Waals surface area contributed by atoms with Crippen molar-refractivity contribution in [2.75, 3.05) is 33.9 Å². The third-order valence-corrected chi connectivity index (χ3v) is 3.98. The van der Waals surface area contributed by atoms with Crippen LogP contribution in [0.4, 0.5) is 0 Å². The van der Waals surface area contributed by atoms with Gasteiger partial charge < -0.3 is 25.4 Å². The topological polar surface area (TPSA) is 84.0 Å². The molecule has 2 aromatic rings. The van der Waals surface area contributed by atoms with Crippen molar-refractivity contribution < 1.29 is 14.3 Å². The molecule has 2 rings (SSSR count). The van der Waals surface area contributed by atoms with Gasteiger partial charge in [-0.2, -0.15) is 0 Å². The van der Waals surface area contributed by atoms with Crippen LogP contribution in [0.25, 0.3) is 0 Å². The molecule has 0 radical (unpaired) electrons. The van der Waals surface area contributed by atoms with Crippen molar-refractivity contribution in [3.63, 3.8) is 0 Å². The highest BCUT2D eigenvalue weighted by Crippen LogP contribution is 2.17. The molecule has 7 nitrogen and oxygen atoms in total. The Morgan fingerprint density at radius 3 is 2.52 bits per heavy atom. The largest absolute Gasteiger partial charge is 0.497 e. The number of aliphatic imine (C=N–C) groups is 1. The lowest BCUT2D eigenvalue weighted by molar-refractivity contribution is 0.0954. The van der Waals surface area contributed by atoms with E-state index < -0.39 is 0 Å². The number of benzene rings is 2. The van der Waals surface area contributed by atoms with Crippen LogP contribution in [-0.2, 0) is 6.54 Å². The number of carbonyl (C=O) groups is 1. The number of methoxy groups -OCH3 is 1. The zero-order valence-electron chi connectivity index (χ0n) is 17.0. The molecule has 0 bridgehead atoms. The maximum Gasteiger partial charge on any atom is 0.251 e. The van der Waals surface area contributed by atoms with Gasteiger partial charge in [0.25, 0.3) is 5.91 Å². The third kappa shape index (κ3) is 8.18. The second-order valence-corrected chi connectivity index (χ2v) is 5.88. The Morgan fingerprint density at radius 2 is 1.79 bits per heavy atom. The summed E-state index contributed by atoms with van der Waals surface area (Å²) in [5.74, 6) is 2.03. The minimum Gasteiger partial charge on any atom is -0.497 e. The van der Waals surface area contributed by atoms with E-state index in [0.29, 0.717) is 43.5 Å². The lowest BCUT2D eigenvalue weighted by Crippen LogP contribution is -2.41. The summed E-state index contributed by atoms with van der Waals surface area (Å²) < 4.78 is 10.8. The fourth-order valence-corrected chi connectivity index (χ4v) is 2.57. The van der Waals surface area contributed by atoms with Gasteiger partial charge in [-0.3, -0.25) is 9.79 Å². The zero-order valence-corrected chi connectivity index (χ0v) is 19.4. The Bertz CT molecular complexity index is 799. The van der Waals surface area contributed by atoms with Crippen molar-refractivity contribution in [1.82, 2.24) is 16.0 Å². The summed E-state index contributed by atoms with van der Waals surface area (Å²) in [6.45, 7) is 4.18. The molecular formula is C21H29IN4O3. The standard InChI is InChI=1S/C21H28N4O3.HI/c1-4-28-19-11-6-5-8-17(19)15-25-21(22-2)24-13-12-23-20(26)16-9-7-10-18(14-16)27-3;/h5-11,14H,4,12-13,15H2,1-3H3,(H,23,26)(H2,22,24,25);1H. The number of rotatable bonds is 9. The molecule has 0 aliphatic carbocycles. The summed E-state index contributed by atoms with van der Waals surface area (Å²) >= 11 is 0. The van der Waals surface area contributed by atoms with Gasteiger partial charge in [0.2, 0.25) is 0 Å². The predicted molar refractivity (Wildman–Crippen MR) is 127 cm³/mol. The molecule has 158 valence electrons. The van der Waals surface area contributed by atoms with Crippen LogP contribution in [0, 0.1) is 0 Å². The van der Waals surface area contributed by atoms with Crippen LogP contribution in [0.15, 0.2) is 53.5 Å². The van der Waals surface area contributed by atoms with Crippen molar-refractivity contribution in [1.29, 1.82) is 0 Å². The van der Waals surface area contributed by atoms with Crippen molar-refractivity contribution in [3.05, 3.63) is 59.7 Å². The molecule has 0 aromatic heterocycles. The second-order valence-electron chi connectivity index (χ2n) is 5.88. The molecule has 0 fully saturated rings. The van der Waals surface area contributed by atoms with Crippen molar-refractivity contribution >= 4 is 35.8 Å². The number of nitrogens with zero attached hydrogens (tertiary/aromatic N) is 1. The number of amides is 1. The molecule has 8 heteroatoms. The van der Waals surface area contributed by atoms with Crippen molar-refractivity contribution in [2.24, 2.45) is 4.99 Å². The van der Waals surface area contributed by atoms with Gasteiger partial charge in [0.1, 0.15) is 11.5 Å². The summed E-state index contributed by atoms with van der Waals surface area (Å²) in [6, 6.07) is 14.9. The van der Waals surface area contributed by atoms with E-state index in [2.05, 4.69) is 20.9 Å². The first-order chi connectivity index (χ1) is 13.7. The number of hydrogen-bond acceptors (Lipinski definition) is 4. The van der Waals surface area contributed by atoms with E-state index >= 15 is 0 Å². The Kier molecular flexibility index (Phi) is 11.6. The monoisotopic (exact) mass is 512 g/mol. The molecule has 0 heterocycles. The highest BCUT2D eigenvalue weighted by atomic mass is 127. The average molecular weight is 512 g/mol. The van der Waals surface area contributed by atoms with E-state index in [4.69, 9.17) is 9.47 Å². The van der Waals surface area contributed by atoms with Crippen LogP contribution < -0.4 is 25.4 Å². The highest BCUT2D eigenvalue weighted by molar-refractivity contribution is 14.0. The van der Waals surface area contributed by atoms with E-state index in [-0.39, 0.29) is 29.9 Å². The Hall–Kier alpha value is -2.49. The summed E-state index contributed by atoms with van der Waals surface area (Å²) in [4.78, 5) is 16.4. The molecular weight excluding hydrogens is 483 g/mol. The predicted octanol–water partition coefficient (Wildman–Crippen LogP) is 2.81. The molecule has 2 aromatic carbocycles. The molecule has 0 saturated carbocycles. The molecule has 0 atom stereocenters.